The van der Waals surface area contributed by atoms with Gasteiger partial charge in [-0.25, -0.2) is 9.82 Å². The van der Waals surface area contributed by atoms with E-state index in [2.05, 4.69) is 17.5 Å². The van der Waals surface area contributed by atoms with Crippen LogP contribution in [0.2, 0.25) is 0 Å². The molecule has 1 aromatic carbocycles. The second-order valence-corrected chi connectivity index (χ2v) is 4.11. The van der Waals surface area contributed by atoms with Crippen molar-refractivity contribution in [2.45, 2.75) is 39.0 Å². The molecule has 18 heavy (non-hydrogen) atoms. The van der Waals surface area contributed by atoms with Crippen LogP contribution in [0.25, 0.3) is 0 Å². The fourth-order valence-corrected chi connectivity index (χ4v) is 1.53. The van der Waals surface area contributed by atoms with Gasteiger partial charge in [-0.1, -0.05) is 32.3 Å². The molecule has 0 radical (unpaired) electrons. The average molecular weight is 250 g/mol. The van der Waals surface area contributed by atoms with E-state index in [0.29, 0.717) is 0 Å². The van der Waals surface area contributed by atoms with Gasteiger partial charge in [-0.15, -0.1) is 0 Å². The third kappa shape index (κ3) is 5.57. The highest BCUT2D eigenvalue weighted by Crippen LogP contribution is 2.03. The smallest absolute Gasteiger partial charge is 0.267 e. The number of hydrogen-bond donors (Lipinski definition) is 1. The van der Waals surface area contributed by atoms with Gasteiger partial charge in [0.15, 0.2) is 0 Å². The van der Waals surface area contributed by atoms with Crippen LogP contribution in [0.5, 0.6) is 0 Å². The Morgan fingerprint density at radius 2 is 2.22 bits per heavy atom. The summed E-state index contributed by atoms with van der Waals surface area (Å²) in [5.41, 5.74) is 2.66. The SMILES string of the molecule is CCCCCC/C=N/NC(=O)c1cccc(F)c1. The number of nitrogens with one attached hydrogen (secondary N) is 1. The van der Waals surface area contributed by atoms with E-state index in [9.17, 15) is 9.18 Å². The number of halogens is 1. The number of hydrogen-bond acceptors (Lipinski definition) is 2. The van der Waals surface area contributed by atoms with Gasteiger partial charge < -0.3 is 0 Å². The molecule has 0 aliphatic carbocycles. The van der Waals surface area contributed by atoms with Gasteiger partial charge >= 0.3 is 0 Å². The molecular formula is C14H19FN2O. The molecule has 1 amide bonds. The molecule has 0 bridgehead atoms. The molecule has 1 rings (SSSR count). The molecule has 98 valence electrons. The maximum atomic E-state index is 12.9. The lowest BCUT2D eigenvalue weighted by Gasteiger charge is -1.99. The Morgan fingerprint density at radius 1 is 1.39 bits per heavy atom. The highest BCUT2D eigenvalue weighted by Gasteiger charge is 2.03. The molecule has 0 aliphatic heterocycles. The van der Waals surface area contributed by atoms with Crippen molar-refractivity contribution in [2.24, 2.45) is 5.10 Å². The summed E-state index contributed by atoms with van der Waals surface area (Å²) in [6, 6.07) is 5.54. The first-order valence-electron chi connectivity index (χ1n) is 6.31. The number of amides is 1. The van der Waals surface area contributed by atoms with Gasteiger partial charge in [0.2, 0.25) is 0 Å². The van der Waals surface area contributed by atoms with Crippen molar-refractivity contribution in [3.8, 4) is 0 Å². The van der Waals surface area contributed by atoms with E-state index in [4.69, 9.17) is 0 Å². The first kappa shape index (κ1) is 14.4. The minimum atomic E-state index is -0.425. The molecule has 0 aromatic heterocycles. The predicted octanol–water partition coefficient (Wildman–Crippen LogP) is 3.51. The maximum Gasteiger partial charge on any atom is 0.271 e. The number of hydrazone groups is 1. The van der Waals surface area contributed by atoms with E-state index in [0.717, 1.165) is 12.8 Å². The molecule has 0 atom stereocenters. The number of benzene rings is 1. The fraction of sp³-hybridized carbons (Fsp3) is 0.429. The lowest BCUT2D eigenvalue weighted by Crippen LogP contribution is -2.17. The van der Waals surface area contributed by atoms with Crippen LogP contribution < -0.4 is 5.43 Å². The molecule has 0 fully saturated rings. The van der Waals surface area contributed by atoms with Crippen molar-refractivity contribution < 1.29 is 9.18 Å². The number of carbonyl (C=O) groups is 1. The molecule has 0 saturated carbocycles. The summed E-state index contributed by atoms with van der Waals surface area (Å²) >= 11 is 0. The highest BCUT2D eigenvalue weighted by atomic mass is 19.1. The van der Waals surface area contributed by atoms with E-state index in [1.54, 1.807) is 12.3 Å². The van der Waals surface area contributed by atoms with Crippen LogP contribution in [0.1, 0.15) is 49.4 Å². The van der Waals surface area contributed by atoms with Gasteiger partial charge in [-0.05, 0) is 31.0 Å². The van der Waals surface area contributed by atoms with Crippen molar-refractivity contribution >= 4 is 12.1 Å². The quantitative estimate of drug-likeness (QED) is 0.449. The maximum absolute atomic E-state index is 12.9. The first-order valence-corrected chi connectivity index (χ1v) is 6.31. The minimum absolute atomic E-state index is 0.276. The van der Waals surface area contributed by atoms with Crippen LogP contribution >= 0.6 is 0 Å². The summed E-state index contributed by atoms with van der Waals surface area (Å²) in [6.07, 6.45) is 7.22. The van der Waals surface area contributed by atoms with Gasteiger partial charge in [-0.2, -0.15) is 5.10 Å². The Hall–Kier alpha value is -1.71. The number of carbonyl (C=O) groups excluding carboxylic acids is 1. The third-order valence-corrected chi connectivity index (χ3v) is 2.53. The lowest BCUT2D eigenvalue weighted by atomic mass is 10.2. The van der Waals surface area contributed by atoms with Crippen LogP contribution in [-0.4, -0.2) is 12.1 Å². The van der Waals surface area contributed by atoms with Gasteiger partial charge in [0.05, 0.1) is 0 Å². The second-order valence-electron chi connectivity index (χ2n) is 4.11. The van der Waals surface area contributed by atoms with E-state index in [1.807, 2.05) is 0 Å². The molecule has 0 unspecified atom stereocenters. The monoisotopic (exact) mass is 250 g/mol. The van der Waals surface area contributed by atoms with E-state index in [-0.39, 0.29) is 11.5 Å². The molecule has 0 aliphatic rings. The highest BCUT2D eigenvalue weighted by molar-refractivity contribution is 5.94. The zero-order valence-corrected chi connectivity index (χ0v) is 10.7. The van der Waals surface area contributed by atoms with Crippen LogP contribution in [0, 0.1) is 5.82 Å². The van der Waals surface area contributed by atoms with Crippen LogP contribution in [0.15, 0.2) is 29.4 Å². The second kappa shape index (κ2) is 8.39. The van der Waals surface area contributed by atoms with Gasteiger partial charge in [-0.3, -0.25) is 4.79 Å². The summed E-state index contributed by atoms with van der Waals surface area (Å²) in [4.78, 5) is 11.5. The fourth-order valence-electron chi connectivity index (χ4n) is 1.53. The molecule has 0 spiro atoms. The zero-order chi connectivity index (χ0) is 13.2. The van der Waals surface area contributed by atoms with Crippen molar-refractivity contribution in [2.75, 3.05) is 0 Å². The van der Waals surface area contributed by atoms with E-state index >= 15 is 0 Å². The standard InChI is InChI=1S/C14H19FN2O/c1-2-3-4-5-6-10-16-17-14(18)12-8-7-9-13(15)11-12/h7-11H,2-6H2,1H3,(H,17,18)/b16-10+. The van der Waals surface area contributed by atoms with Crippen LogP contribution in [-0.2, 0) is 0 Å². The van der Waals surface area contributed by atoms with Crippen molar-refractivity contribution in [1.29, 1.82) is 0 Å². The van der Waals surface area contributed by atoms with Gasteiger partial charge in [0.1, 0.15) is 5.82 Å². The molecule has 4 heteroatoms. The number of rotatable bonds is 7. The predicted molar refractivity (Wildman–Crippen MR) is 71.1 cm³/mol. The van der Waals surface area contributed by atoms with Crippen molar-refractivity contribution in [1.82, 2.24) is 5.43 Å². The van der Waals surface area contributed by atoms with Crippen molar-refractivity contribution in [3.63, 3.8) is 0 Å². The van der Waals surface area contributed by atoms with Crippen LogP contribution in [0.3, 0.4) is 0 Å². The molecule has 1 N–H and O–H groups in total. The lowest BCUT2D eigenvalue weighted by molar-refractivity contribution is 0.0954. The number of nitrogens with zero attached hydrogens (tertiary/aromatic N) is 1. The largest absolute Gasteiger partial charge is 0.271 e. The third-order valence-electron chi connectivity index (χ3n) is 2.53. The van der Waals surface area contributed by atoms with E-state index < -0.39 is 5.82 Å². The van der Waals surface area contributed by atoms with Gasteiger partial charge in [0, 0.05) is 11.8 Å². The van der Waals surface area contributed by atoms with E-state index in [1.165, 1.54) is 37.5 Å². The summed E-state index contributed by atoms with van der Waals surface area (Å²) in [5, 5.41) is 3.83. The Bertz CT molecular complexity index is 405. The Labute approximate surface area is 107 Å². The van der Waals surface area contributed by atoms with Crippen molar-refractivity contribution in [3.05, 3.63) is 35.6 Å². The molecule has 0 heterocycles. The normalized spacial score (nSPS) is 10.8. The Kier molecular flexibility index (Phi) is 6.69. The summed E-state index contributed by atoms with van der Waals surface area (Å²) < 4.78 is 12.9. The summed E-state index contributed by atoms with van der Waals surface area (Å²) in [6.45, 7) is 2.16. The molecular weight excluding hydrogens is 231 g/mol. The molecule has 3 nitrogen and oxygen atoms in total. The Balaban J connectivity index is 2.26. The van der Waals surface area contributed by atoms with Crippen LogP contribution in [0.4, 0.5) is 4.39 Å². The first-order chi connectivity index (χ1) is 8.74. The van der Waals surface area contributed by atoms with Gasteiger partial charge in [0.25, 0.3) is 5.91 Å². The Morgan fingerprint density at radius 3 is 2.94 bits per heavy atom. The molecule has 1 aromatic rings. The summed E-state index contributed by atoms with van der Waals surface area (Å²) in [7, 11) is 0. The molecule has 0 saturated heterocycles. The topological polar surface area (TPSA) is 41.5 Å². The average Bonchev–Trinajstić information content (AvgIpc) is 2.37. The summed E-state index contributed by atoms with van der Waals surface area (Å²) in [5.74, 6) is -0.814. The minimum Gasteiger partial charge on any atom is -0.267 e. The zero-order valence-electron chi connectivity index (χ0n) is 10.7. The number of unbranched alkanes of at least 4 members (excludes halogenated alkanes) is 4.